The van der Waals surface area contributed by atoms with Crippen molar-refractivity contribution in [2.45, 2.75) is 56.1 Å². The molecule has 0 saturated heterocycles. The van der Waals surface area contributed by atoms with E-state index in [9.17, 15) is 4.79 Å². The van der Waals surface area contributed by atoms with Crippen LogP contribution in [-0.4, -0.2) is 35.2 Å². The Morgan fingerprint density at radius 3 is 2.59 bits per heavy atom. The van der Waals surface area contributed by atoms with Gasteiger partial charge >= 0.3 is 0 Å². The maximum Gasteiger partial charge on any atom is 0.220 e. The molecular formula is C13H25NO2S. The Bertz CT molecular complexity index is 227. The molecule has 0 unspecified atom stereocenters. The van der Waals surface area contributed by atoms with Gasteiger partial charge in [0.25, 0.3) is 0 Å². The maximum absolute atomic E-state index is 11.6. The summed E-state index contributed by atoms with van der Waals surface area (Å²) >= 11 is 1.91. The van der Waals surface area contributed by atoms with E-state index in [0.29, 0.717) is 6.42 Å². The highest BCUT2D eigenvalue weighted by molar-refractivity contribution is 8.00. The van der Waals surface area contributed by atoms with Crippen LogP contribution in [0.3, 0.4) is 0 Å². The predicted molar refractivity (Wildman–Crippen MR) is 73.3 cm³/mol. The lowest BCUT2D eigenvalue weighted by atomic mass is 9.88. The van der Waals surface area contributed by atoms with Crippen molar-refractivity contribution in [2.75, 3.05) is 19.4 Å². The Kier molecular flexibility index (Phi) is 6.97. The second-order valence-electron chi connectivity index (χ2n) is 4.91. The van der Waals surface area contributed by atoms with E-state index in [-0.39, 0.29) is 17.3 Å². The van der Waals surface area contributed by atoms with Crippen LogP contribution in [0, 0.1) is 0 Å². The molecule has 3 nitrogen and oxygen atoms in total. The SMILES string of the molecule is CSC1(CNC(=O)CCCCO)CCCCC1. The van der Waals surface area contributed by atoms with Gasteiger partial charge in [0.05, 0.1) is 0 Å². The van der Waals surface area contributed by atoms with Crippen LogP contribution in [0.2, 0.25) is 0 Å². The fraction of sp³-hybridized carbons (Fsp3) is 0.923. The molecule has 0 aromatic carbocycles. The fourth-order valence-electron chi connectivity index (χ4n) is 2.39. The minimum absolute atomic E-state index is 0.137. The molecule has 1 saturated carbocycles. The molecule has 0 bridgehead atoms. The molecule has 0 aromatic heterocycles. The van der Waals surface area contributed by atoms with Crippen molar-refractivity contribution < 1.29 is 9.90 Å². The number of hydrogen-bond acceptors (Lipinski definition) is 3. The van der Waals surface area contributed by atoms with E-state index < -0.39 is 0 Å². The van der Waals surface area contributed by atoms with Crippen LogP contribution >= 0.6 is 11.8 Å². The monoisotopic (exact) mass is 259 g/mol. The topological polar surface area (TPSA) is 49.3 Å². The number of nitrogens with one attached hydrogen (secondary N) is 1. The second kappa shape index (κ2) is 7.98. The molecule has 1 amide bonds. The first-order valence-corrected chi connectivity index (χ1v) is 7.88. The summed E-state index contributed by atoms with van der Waals surface area (Å²) < 4.78 is 0.283. The number of thioether (sulfide) groups is 1. The van der Waals surface area contributed by atoms with Crippen LogP contribution in [0.1, 0.15) is 51.4 Å². The zero-order chi connectivity index (χ0) is 12.6. The highest BCUT2D eigenvalue weighted by Gasteiger charge is 2.31. The summed E-state index contributed by atoms with van der Waals surface area (Å²) in [4.78, 5) is 11.6. The number of amides is 1. The molecule has 0 aromatic rings. The van der Waals surface area contributed by atoms with Gasteiger partial charge in [-0.05, 0) is 31.9 Å². The number of carbonyl (C=O) groups excluding carboxylic acids is 1. The average molecular weight is 259 g/mol. The van der Waals surface area contributed by atoms with Gasteiger partial charge in [-0.2, -0.15) is 11.8 Å². The lowest BCUT2D eigenvalue weighted by Crippen LogP contribution is -2.41. The van der Waals surface area contributed by atoms with E-state index >= 15 is 0 Å². The molecule has 0 spiro atoms. The smallest absolute Gasteiger partial charge is 0.220 e. The Hall–Kier alpha value is -0.220. The normalized spacial score (nSPS) is 18.9. The van der Waals surface area contributed by atoms with Gasteiger partial charge in [-0.15, -0.1) is 0 Å². The standard InChI is InChI=1S/C13H25NO2S/c1-17-13(8-4-2-5-9-13)11-14-12(16)7-3-6-10-15/h15H,2-11H2,1H3,(H,14,16). The Morgan fingerprint density at radius 1 is 1.29 bits per heavy atom. The van der Waals surface area contributed by atoms with Crippen molar-refractivity contribution in [2.24, 2.45) is 0 Å². The van der Waals surface area contributed by atoms with Crippen LogP contribution in [0.15, 0.2) is 0 Å². The minimum Gasteiger partial charge on any atom is -0.396 e. The molecule has 4 heteroatoms. The first kappa shape index (κ1) is 14.8. The third kappa shape index (κ3) is 5.30. The van der Waals surface area contributed by atoms with Crippen molar-refractivity contribution in [3.05, 3.63) is 0 Å². The van der Waals surface area contributed by atoms with Crippen molar-refractivity contribution in [1.82, 2.24) is 5.32 Å². The fourth-order valence-corrected chi connectivity index (χ4v) is 3.31. The maximum atomic E-state index is 11.6. The summed E-state index contributed by atoms with van der Waals surface area (Å²) in [5.74, 6) is 0.137. The number of hydrogen-bond donors (Lipinski definition) is 2. The van der Waals surface area contributed by atoms with E-state index in [1.165, 1.54) is 32.1 Å². The van der Waals surface area contributed by atoms with Crippen LogP contribution in [0.4, 0.5) is 0 Å². The Balaban J connectivity index is 2.24. The van der Waals surface area contributed by atoms with Crippen molar-refractivity contribution in [3.63, 3.8) is 0 Å². The Labute approximate surface area is 109 Å². The number of rotatable bonds is 7. The van der Waals surface area contributed by atoms with Crippen molar-refractivity contribution >= 4 is 17.7 Å². The molecule has 0 atom stereocenters. The zero-order valence-electron chi connectivity index (χ0n) is 10.8. The molecule has 1 rings (SSSR count). The van der Waals surface area contributed by atoms with Crippen LogP contribution in [0.25, 0.3) is 0 Å². The van der Waals surface area contributed by atoms with Crippen LogP contribution in [-0.2, 0) is 4.79 Å². The molecule has 1 aliphatic carbocycles. The van der Waals surface area contributed by atoms with E-state index in [1.54, 1.807) is 0 Å². The molecule has 0 aliphatic heterocycles. The minimum atomic E-state index is 0.137. The second-order valence-corrected chi connectivity index (χ2v) is 6.18. The lowest BCUT2D eigenvalue weighted by Gasteiger charge is -2.35. The molecule has 0 heterocycles. The summed E-state index contributed by atoms with van der Waals surface area (Å²) in [6.45, 7) is 0.994. The summed E-state index contributed by atoms with van der Waals surface area (Å²) in [5.41, 5.74) is 0. The van der Waals surface area contributed by atoms with Gasteiger partial charge in [0.1, 0.15) is 0 Å². The summed E-state index contributed by atoms with van der Waals surface area (Å²) in [7, 11) is 0. The first-order valence-electron chi connectivity index (χ1n) is 6.65. The highest BCUT2D eigenvalue weighted by atomic mass is 32.2. The first-order chi connectivity index (χ1) is 8.22. The van der Waals surface area contributed by atoms with Crippen molar-refractivity contribution in [1.29, 1.82) is 0 Å². The van der Waals surface area contributed by atoms with E-state index in [4.69, 9.17) is 5.11 Å². The van der Waals surface area contributed by atoms with E-state index in [2.05, 4.69) is 11.6 Å². The largest absolute Gasteiger partial charge is 0.396 e. The number of carbonyl (C=O) groups is 1. The van der Waals surface area contributed by atoms with Gasteiger partial charge in [-0.3, -0.25) is 4.79 Å². The molecule has 1 aliphatic rings. The van der Waals surface area contributed by atoms with E-state index in [1.807, 2.05) is 11.8 Å². The molecular weight excluding hydrogens is 234 g/mol. The summed E-state index contributed by atoms with van der Waals surface area (Å²) in [5, 5.41) is 11.7. The zero-order valence-corrected chi connectivity index (χ0v) is 11.7. The molecule has 2 N–H and O–H groups in total. The third-order valence-electron chi connectivity index (χ3n) is 3.62. The van der Waals surface area contributed by atoms with E-state index in [0.717, 1.165) is 19.4 Å². The summed E-state index contributed by atoms with van der Waals surface area (Å²) in [6.07, 6.45) is 10.6. The quantitative estimate of drug-likeness (QED) is 0.690. The Morgan fingerprint density at radius 2 is 2.00 bits per heavy atom. The molecule has 100 valence electrons. The van der Waals surface area contributed by atoms with Gasteiger partial charge in [0.15, 0.2) is 0 Å². The number of aliphatic hydroxyl groups excluding tert-OH is 1. The van der Waals surface area contributed by atoms with Crippen molar-refractivity contribution in [3.8, 4) is 0 Å². The highest BCUT2D eigenvalue weighted by Crippen LogP contribution is 2.37. The third-order valence-corrected chi connectivity index (χ3v) is 5.04. The lowest BCUT2D eigenvalue weighted by molar-refractivity contribution is -0.121. The van der Waals surface area contributed by atoms with Gasteiger partial charge in [0.2, 0.25) is 5.91 Å². The number of aliphatic hydroxyl groups is 1. The molecule has 17 heavy (non-hydrogen) atoms. The van der Waals surface area contributed by atoms with Gasteiger partial charge in [0, 0.05) is 24.3 Å². The molecule has 0 radical (unpaired) electrons. The van der Waals surface area contributed by atoms with Gasteiger partial charge in [-0.25, -0.2) is 0 Å². The van der Waals surface area contributed by atoms with Crippen LogP contribution in [0.5, 0.6) is 0 Å². The molecule has 1 fully saturated rings. The van der Waals surface area contributed by atoms with Gasteiger partial charge < -0.3 is 10.4 Å². The summed E-state index contributed by atoms with van der Waals surface area (Å²) in [6, 6.07) is 0. The predicted octanol–water partition coefficient (Wildman–Crippen LogP) is 2.33. The van der Waals surface area contributed by atoms with Gasteiger partial charge in [-0.1, -0.05) is 19.3 Å². The average Bonchev–Trinajstić information content (AvgIpc) is 2.38. The van der Waals surface area contributed by atoms with Crippen LogP contribution < -0.4 is 5.32 Å². The number of unbranched alkanes of at least 4 members (excludes halogenated alkanes) is 1.